The quantitative estimate of drug-likeness (QED) is 0.539. The number of pyridine rings is 1. The van der Waals surface area contributed by atoms with Crippen molar-refractivity contribution in [3.05, 3.63) is 87.8 Å². The number of nitrogens with zero attached hydrogens (tertiary/aromatic N) is 1. The van der Waals surface area contributed by atoms with Crippen LogP contribution >= 0.6 is 11.6 Å². The van der Waals surface area contributed by atoms with Gasteiger partial charge in [-0.15, -0.1) is 0 Å². The van der Waals surface area contributed by atoms with E-state index in [9.17, 15) is 14.0 Å². The number of amides is 2. The van der Waals surface area contributed by atoms with Crippen LogP contribution in [-0.2, 0) is 0 Å². The molecule has 1 saturated carbocycles. The summed E-state index contributed by atoms with van der Waals surface area (Å²) in [5.41, 5.74) is 2.98. The number of rotatable bonds is 6. The average molecular weight is 452 g/mol. The van der Waals surface area contributed by atoms with Crippen molar-refractivity contribution in [2.45, 2.75) is 38.8 Å². The average Bonchev–Trinajstić information content (AvgIpc) is 3.60. The SMILES string of the molecule is Cc1c(F)cc(C(=O)NC2CC2)cc1-c1ccc(C(=O)NC(C)c2ccc(Cl)cc2)cn1. The first kappa shape index (κ1) is 22.0. The van der Waals surface area contributed by atoms with Gasteiger partial charge in [0.2, 0.25) is 0 Å². The fourth-order valence-electron chi connectivity index (χ4n) is 3.37. The van der Waals surface area contributed by atoms with E-state index in [1.54, 1.807) is 37.3 Å². The van der Waals surface area contributed by atoms with Gasteiger partial charge in [-0.2, -0.15) is 0 Å². The summed E-state index contributed by atoms with van der Waals surface area (Å²) >= 11 is 5.91. The molecule has 1 aliphatic carbocycles. The van der Waals surface area contributed by atoms with Gasteiger partial charge in [-0.3, -0.25) is 14.6 Å². The van der Waals surface area contributed by atoms with Crippen molar-refractivity contribution in [3.63, 3.8) is 0 Å². The first-order chi connectivity index (χ1) is 15.3. The fourth-order valence-corrected chi connectivity index (χ4v) is 3.50. The molecule has 0 aliphatic heterocycles. The first-order valence-electron chi connectivity index (χ1n) is 10.5. The van der Waals surface area contributed by atoms with Gasteiger partial charge in [0.15, 0.2) is 0 Å². The van der Waals surface area contributed by atoms with Crippen LogP contribution < -0.4 is 10.6 Å². The second-order valence-corrected chi connectivity index (χ2v) is 8.49. The van der Waals surface area contributed by atoms with Crippen LogP contribution in [-0.4, -0.2) is 22.8 Å². The van der Waals surface area contributed by atoms with E-state index < -0.39 is 5.82 Å². The van der Waals surface area contributed by atoms with E-state index in [2.05, 4.69) is 15.6 Å². The highest BCUT2D eigenvalue weighted by Gasteiger charge is 2.24. The van der Waals surface area contributed by atoms with Gasteiger partial charge in [0, 0.05) is 28.4 Å². The molecule has 1 aromatic heterocycles. The molecule has 1 heterocycles. The number of halogens is 2. The minimum absolute atomic E-state index is 0.182. The van der Waals surface area contributed by atoms with E-state index >= 15 is 0 Å². The maximum absolute atomic E-state index is 14.5. The number of hydrogen-bond acceptors (Lipinski definition) is 3. The summed E-state index contributed by atoms with van der Waals surface area (Å²) in [4.78, 5) is 29.4. The summed E-state index contributed by atoms with van der Waals surface area (Å²) in [7, 11) is 0. The molecule has 0 spiro atoms. The van der Waals surface area contributed by atoms with Gasteiger partial charge in [-0.25, -0.2) is 4.39 Å². The zero-order valence-corrected chi connectivity index (χ0v) is 18.5. The summed E-state index contributed by atoms with van der Waals surface area (Å²) in [5, 5.41) is 6.43. The Morgan fingerprint density at radius 1 is 1.06 bits per heavy atom. The van der Waals surface area contributed by atoms with E-state index in [0.29, 0.717) is 27.4 Å². The highest BCUT2D eigenvalue weighted by molar-refractivity contribution is 6.30. The summed E-state index contributed by atoms with van der Waals surface area (Å²) in [6.45, 7) is 3.52. The highest BCUT2D eigenvalue weighted by atomic mass is 35.5. The van der Waals surface area contributed by atoms with Crippen molar-refractivity contribution in [1.82, 2.24) is 15.6 Å². The van der Waals surface area contributed by atoms with Crippen LogP contribution in [0, 0.1) is 12.7 Å². The van der Waals surface area contributed by atoms with Crippen molar-refractivity contribution in [2.75, 3.05) is 0 Å². The standard InChI is InChI=1S/C25H23ClFN3O2/c1-14-21(11-18(12-22(14)27)25(32)30-20-8-9-20)23-10-5-17(13-28-23)24(31)29-15(2)16-3-6-19(26)7-4-16/h3-7,10-13,15,20H,8-9H2,1-2H3,(H,29,31)(H,30,32). The van der Waals surface area contributed by atoms with E-state index in [1.165, 1.54) is 12.3 Å². The zero-order chi connectivity index (χ0) is 22.8. The molecule has 5 nitrogen and oxygen atoms in total. The Morgan fingerprint density at radius 3 is 2.41 bits per heavy atom. The zero-order valence-electron chi connectivity index (χ0n) is 17.8. The molecular weight excluding hydrogens is 429 g/mol. The summed E-state index contributed by atoms with van der Waals surface area (Å²) in [5.74, 6) is -1.03. The maximum Gasteiger partial charge on any atom is 0.253 e. The molecule has 164 valence electrons. The van der Waals surface area contributed by atoms with Crippen molar-refractivity contribution >= 4 is 23.4 Å². The molecule has 4 rings (SSSR count). The monoisotopic (exact) mass is 451 g/mol. The first-order valence-corrected chi connectivity index (χ1v) is 10.8. The largest absolute Gasteiger partial charge is 0.349 e. The van der Waals surface area contributed by atoms with Crippen LogP contribution in [0.25, 0.3) is 11.3 Å². The predicted octanol–water partition coefficient (Wildman–Crippen LogP) is 5.23. The molecule has 1 atom stereocenters. The lowest BCUT2D eigenvalue weighted by Crippen LogP contribution is -2.26. The molecule has 2 aromatic carbocycles. The molecule has 0 saturated heterocycles. The Labute approximate surface area is 191 Å². The smallest absolute Gasteiger partial charge is 0.253 e. The van der Waals surface area contributed by atoms with Crippen molar-refractivity contribution in [3.8, 4) is 11.3 Å². The summed E-state index contributed by atoms with van der Waals surface area (Å²) < 4.78 is 14.5. The third kappa shape index (κ3) is 4.97. The van der Waals surface area contributed by atoms with Crippen molar-refractivity contribution in [1.29, 1.82) is 0 Å². The number of nitrogens with one attached hydrogen (secondary N) is 2. The summed E-state index contributed by atoms with van der Waals surface area (Å²) in [6, 6.07) is 13.4. The minimum atomic E-state index is -0.469. The van der Waals surface area contributed by atoms with Crippen LogP contribution in [0.4, 0.5) is 4.39 Å². The van der Waals surface area contributed by atoms with E-state index in [4.69, 9.17) is 11.6 Å². The molecule has 2 N–H and O–H groups in total. The normalized spacial score (nSPS) is 14.0. The number of benzene rings is 2. The highest BCUT2D eigenvalue weighted by Crippen LogP contribution is 2.27. The Kier molecular flexibility index (Phi) is 6.24. The van der Waals surface area contributed by atoms with Gasteiger partial charge >= 0.3 is 0 Å². The van der Waals surface area contributed by atoms with Gasteiger partial charge in [0.1, 0.15) is 5.82 Å². The molecule has 0 radical (unpaired) electrons. The van der Waals surface area contributed by atoms with Gasteiger partial charge in [-0.05, 0) is 74.2 Å². The molecule has 1 aliphatic rings. The van der Waals surface area contributed by atoms with Crippen LogP contribution in [0.2, 0.25) is 5.02 Å². The molecular formula is C25H23ClFN3O2. The third-order valence-corrected chi connectivity index (χ3v) is 5.79. The van der Waals surface area contributed by atoms with Crippen LogP contribution in [0.15, 0.2) is 54.7 Å². The van der Waals surface area contributed by atoms with Gasteiger partial charge in [0.05, 0.1) is 17.3 Å². The Balaban J connectivity index is 1.51. The van der Waals surface area contributed by atoms with Crippen LogP contribution in [0.3, 0.4) is 0 Å². The lowest BCUT2D eigenvalue weighted by Gasteiger charge is -2.15. The lowest BCUT2D eigenvalue weighted by molar-refractivity contribution is 0.0935. The number of hydrogen-bond donors (Lipinski definition) is 2. The number of carbonyl (C=O) groups is 2. The Bertz CT molecular complexity index is 1160. The molecule has 0 bridgehead atoms. The molecule has 1 unspecified atom stereocenters. The lowest BCUT2D eigenvalue weighted by atomic mass is 10.00. The third-order valence-electron chi connectivity index (χ3n) is 5.54. The molecule has 32 heavy (non-hydrogen) atoms. The fraction of sp³-hybridized carbons (Fsp3) is 0.240. The van der Waals surface area contributed by atoms with E-state index in [-0.39, 0.29) is 29.5 Å². The number of carbonyl (C=O) groups excluding carboxylic acids is 2. The minimum Gasteiger partial charge on any atom is -0.349 e. The Hall–Kier alpha value is -3.25. The molecule has 3 aromatic rings. The predicted molar refractivity (Wildman–Crippen MR) is 122 cm³/mol. The van der Waals surface area contributed by atoms with E-state index in [1.807, 2.05) is 19.1 Å². The van der Waals surface area contributed by atoms with E-state index in [0.717, 1.165) is 18.4 Å². The second kappa shape index (κ2) is 9.09. The van der Waals surface area contributed by atoms with Crippen LogP contribution in [0.5, 0.6) is 0 Å². The second-order valence-electron chi connectivity index (χ2n) is 8.06. The maximum atomic E-state index is 14.5. The van der Waals surface area contributed by atoms with Gasteiger partial charge in [0.25, 0.3) is 11.8 Å². The topological polar surface area (TPSA) is 71.1 Å². The van der Waals surface area contributed by atoms with Gasteiger partial charge < -0.3 is 10.6 Å². The molecule has 1 fully saturated rings. The van der Waals surface area contributed by atoms with Crippen LogP contribution in [0.1, 0.15) is 57.7 Å². The Morgan fingerprint density at radius 2 is 1.78 bits per heavy atom. The van der Waals surface area contributed by atoms with Crippen molar-refractivity contribution < 1.29 is 14.0 Å². The molecule has 7 heteroatoms. The summed E-state index contributed by atoms with van der Waals surface area (Å²) in [6.07, 6.45) is 3.36. The molecule has 2 amide bonds. The van der Waals surface area contributed by atoms with Crippen molar-refractivity contribution in [2.24, 2.45) is 0 Å². The van der Waals surface area contributed by atoms with Gasteiger partial charge in [-0.1, -0.05) is 23.7 Å². The number of aromatic nitrogens is 1.